The van der Waals surface area contributed by atoms with Crippen LogP contribution in [-0.4, -0.2) is 6.61 Å². The molecule has 1 nitrogen and oxygen atoms in total. The van der Waals surface area contributed by atoms with E-state index >= 15 is 0 Å². The van der Waals surface area contributed by atoms with Crippen LogP contribution in [0.15, 0.2) is 24.0 Å². The van der Waals surface area contributed by atoms with Gasteiger partial charge in [-0.3, -0.25) is 0 Å². The van der Waals surface area contributed by atoms with Crippen molar-refractivity contribution >= 4 is 0 Å². The van der Waals surface area contributed by atoms with E-state index in [1.807, 2.05) is 6.92 Å². The van der Waals surface area contributed by atoms with Crippen LogP contribution in [0.25, 0.3) is 0 Å². The second kappa shape index (κ2) is 3.45. The Morgan fingerprint density at radius 3 is 3.00 bits per heavy atom. The molecule has 0 amide bonds. The molecule has 0 aromatic carbocycles. The van der Waals surface area contributed by atoms with E-state index in [4.69, 9.17) is 4.74 Å². The van der Waals surface area contributed by atoms with E-state index in [9.17, 15) is 0 Å². The highest BCUT2D eigenvalue weighted by Crippen LogP contribution is 2.21. The van der Waals surface area contributed by atoms with Gasteiger partial charge in [-0.05, 0) is 25.8 Å². The van der Waals surface area contributed by atoms with E-state index in [0.717, 1.165) is 25.2 Å². The summed E-state index contributed by atoms with van der Waals surface area (Å²) in [6, 6.07) is 0. The van der Waals surface area contributed by atoms with Gasteiger partial charge in [0.25, 0.3) is 0 Å². The second-order valence-electron chi connectivity index (χ2n) is 2.56. The zero-order chi connectivity index (χ0) is 7.40. The second-order valence-corrected chi connectivity index (χ2v) is 2.56. The largest absolute Gasteiger partial charge is 0.498 e. The van der Waals surface area contributed by atoms with Crippen LogP contribution >= 0.6 is 0 Å². The van der Waals surface area contributed by atoms with Crippen molar-refractivity contribution < 1.29 is 4.74 Å². The molecule has 56 valence electrons. The lowest BCUT2D eigenvalue weighted by Gasteiger charge is -2.13. The van der Waals surface area contributed by atoms with Gasteiger partial charge in [-0.25, -0.2) is 0 Å². The van der Waals surface area contributed by atoms with E-state index in [1.165, 1.54) is 12.0 Å². The van der Waals surface area contributed by atoms with Crippen molar-refractivity contribution in [1.29, 1.82) is 0 Å². The maximum absolute atomic E-state index is 5.35. The molecule has 0 spiro atoms. The maximum Gasteiger partial charge on any atom is 0.0962 e. The van der Waals surface area contributed by atoms with Crippen molar-refractivity contribution in [1.82, 2.24) is 0 Å². The quantitative estimate of drug-likeness (QED) is 0.570. The van der Waals surface area contributed by atoms with E-state index in [0.29, 0.717) is 0 Å². The zero-order valence-corrected chi connectivity index (χ0v) is 6.52. The van der Waals surface area contributed by atoms with Gasteiger partial charge in [0, 0.05) is 6.42 Å². The molecule has 0 N–H and O–H groups in total. The Labute approximate surface area is 62.4 Å². The number of rotatable bonds is 2. The van der Waals surface area contributed by atoms with Gasteiger partial charge in [-0.1, -0.05) is 12.2 Å². The minimum atomic E-state index is 0.777. The Morgan fingerprint density at radius 2 is 2.40 bits per heavy atom. The first kappa shape index (κ1) is 7.39. The van der Waals surface area contributed by atoms with Crippen LogP contribution < -0.4 is 0 Å². The van der Waals surface area contributed by atoms with E-state index in [1.54, 1.807) is 0 Å². The van der Waals surface area contributed by atoms with Gasteiger partial charge in [-0.15, -0.1) is 0 Å². The summed E-state index contributed by atoms with van der Waals surface area (Å²) in [6.45, 7) is 6.68. The molecule has 0 saturated carbocycles. The van der Waals surface area contributed by atoms with Gasteiger partial charge in [0.05, 0.1) is 12.4 Å². The molecule has 0 bridgehead atoms. The number of allylic oxidation sites excluding steroid dienone is 3. The fourth-order valence-electron chi connectivity index (χ4n) is 1.16. The Morgan fingerprint density at radius 1 is 1.60 bits per heavy atom. The Bertz CT molecular complexity index is 156. The molecule has 10 heavy (non-hydrogen) atoms. The molecule has 1 heteroatoms. The summed E-state index contributed by atoms with van der Waals surface area (Å²) in [5, 5.41) is 0. The number of hydrogen-bond acceptors (Lipinski definition) is 1. The molecule has 1 aliphatic rings. The highest BCUT2D eigenvalue weighted by atomic mass is 16.5. The fraction of sp³-hybridized carbons (Fsp3) is 0.556. The van der Waals surface area contributed by atoms with Crippen LogP contribution in [0.5, 0.6) is 0 Å². The van der Waals surface area contributed by atoms with Crippen molar-refractivity contribution in [3.63, 3.8) is 0 Å². The zero-order valence-electron chi connectivity index (χ0n) is 6.52. The predicted molar refractivity (Wildman–Crippen MR) is 42.7 cm³/mol. The van der Waals surface area contributed by atoms with Crippen LogP contribution in [0.1, 0.15) is 26.2 Å². The molecule has 1 aliphatic carbocycles. The van der Waals surface area contributed by atoms with Gasteiger partial charge in [-0.2, -0.15) is 0 Å². The highest BCUT2D eigenvalue weighted by molar-refractivity contribution is 5.20. The summed E-state index contributed by atoms with van der Waals surface area (Å²) in [7, 11) is 0. The molecule has 1 rings (SSSR count). The van der Waals surface area contributed by atoms with Gasteiger partial charge in [0.2, 0.25) is 0 Å². The topological polar surface area (TPSA) is 9.23 Å². The van der Waals surface area contributed by atoms with Crippen LogP contribution in [0.2, 0.25) is 0 Å². The molecule has 0 unspecified atom stereocenters. The van der Waals surface area contributed by atoms with Crippen molar-refractivity contribution in [2.24, 2.45) is 0 Å². The molecule has 0 radical (unpaired) electrons. The van der Waals surface area contributed by atoms with Gasteiger partial charge >= 0.3 is 0 Å². The van der Waals surface area contributed by atoms with Crippen molar-refractivity contribution in [3.8, 4) is 0 Å². The molecule has 0 heterocycles. The first-order chi connectivity index (χ1) is 4.83. The van der Waals surface area contributed by atoms with Crippen LogP contribution in [0, 0.1) is 0 Å². The minimum absolute atomic E-state index is 0.777. The van der Waals surface area contributed by atoms with E-state index < -0.39 is 0 Å². The summed E-state index contributed by atoms with van der Waals surface area (Å²) >= 11 is 0. The number of ether oxygens (including phenoxy) is 1. The third-order valence-corrected chi connectivity index (χ3v) is 1.62. The molecule has 0 aromatic heterocycles. The molecule has 0 aliphatic heterocycles. The van der Waals surface area contributed by atoms with Gasteiger partial charge in [0.15, 0.2) is 0 Å². The highest BCUT2D eigenvalue weighted by Gasteiger charge is 2.05. The lowest BCUT2D eigenvalue weighted by molar-refractivity contribution is 0.214. The summed E-state index contributed by atoms with van der Waals surface area (Å²) in [6.07, 6.45) is 5.49. The molecular weight excluding hydrogens is 124 g/mol. The smallest absolute Gasteiger partial charge is 0.0962 e. The summed E-state index contributed by atoms with van der Waals surface area (Å²) in [4.78, 5) is 0. The standard InChI is InChI=1S/C9H14O/c1-3-10-9-6-4-5-8(2)7-9/h7H,2-6H2,1H3. The Hall–Kier alpha value is -0.720. The fourth-order valence-corrected chi connectivity index (χ4v) is 1.16. The van der Waals surface area contributed by atoms with Crippen molar-refractivity contribution in [2.45, 2.75) is 26.2 Å². The minimum Gasteiger partial charge on any atom is -0.498 e. The maximum atomic E-state index is 5.35. The van der Waals surface area contributed by atoms with Gasteiger partial charge < -0.3 is 4.74 Å². The Balaban J connectivity index is 2.49. The van der Waals surface area contributed by atoms with Crippen molar-refractivity contribution in [2.75, 3.05) is 6.61 Å². The predicted octanol–water partition coefficient (Wildman–Crippen LogP) is 2.65. The summed E-state index contributed by atoms with van der Waals surface area (Å²) < 4.78 is 5.35. The normalized spacial score (nSPS) is 18.5. The SMILES string of the molecule is C=C1C=C(OCC)CCC1. The molecule has 0 saturated heterocycles. The molecule has 0 fully saturated rings. The molecule has 0 aromatic rings. The average molecular weight is 138 g/mol. The number of hydrogen-bond donors (Lipinski definition) is 0. The third kappa shape index (κ3) is 1.90. The van der Waals surface area contributed by atoms with Crippen LogP contribution in [0.3, 0.4) is 0 Å². The monoisotopic (exact) mass is 138 g/mol. The first-order valence-corrected chi connectivity index (χ1v) is 3.84. The van der Waals surface area contributed by atoms with Crippen LogP contribution in [-0.2, 0) is 4.74 Å². The third-order valence-electron chi connectivity index (χ3n) is 1.62. The molecule has 0 atom stereocenters. The average Bonchev–Trinajstić information content (AvgIpc) is 1.88. The summed E-state index contributed by atoms with van der Waals surface area (Å²) in [5.41, 5.74) is 1.20. The summed E-state index contributed by atoms with van der Waals surface area (Å²) in [5.74, 6) is 1.11. The van der Waals surface area contributed by atoms with E-state index in [-0.39, 0.29) is 0 Å². The molecular formula is C9H14O. The lowest BCUT2D eigenvalue weighted by atomic mass is 10.0. The lowest BCUT2D eigenvalue weighted by Crippen LogP contribution is -1.97. The van der Waals surface area contributed by atoms with Crippen LogP contribution in [0.4, 0.5) is 0 Å². The van der Waals surface area contributed by atoms with Crippen molar-refractivity contribution in [3.05, 3.63) is 24.0 Å². The Kier molecular flexibility index (Phi) is 2.55. The van der Waals surface area contributed by atoms with Gasteiger partial charge in [0.1, 0.15) is 0 Å². The first-order valence-electron chi connectivity index (χ1n) is 3.84. The van der Waals surface area contributed by atoms with E-state index in [2.05, 4.69) is 12.7 Å².